The normalized spacial score (nSPS) is 21.3. The van der Waals surface area contributed by atoms with Gasteiger partial charge in [0.25, 0.3) is 0 Å². The average molecular weight is 305 g/mol. The Kier molecular flexibility index (Phi) is 5.34. The molecule has 2 unspecified atom stereocenters. The highest BCUT2D eigenvalue weighted by atomic mass is 32.1. The Bertz CT molecular complexity index is 562. The van der Waals surface area contributed by atoms with Gasteiger partial charge in [0.2, 0.25) is 0 Å². The summed E-state index contributed by atoms with van der Waals surface area (Å²) in [5, 5.41) is 16.3. The second-order valence-corrected chi connectivity index (χ2v) is 6.26. The lowest BCUT2D eigenvalue weighted by atomic mass is 9.84. The largest absolute Gasteiger partial charge is 0.345 e. The summed E-state index contributed by atoms with van der Waals surface area (Å²) in [6.07, 6.45) is 5.28. The first-order valence-electron chi connectivity index (χ1n) is 7.23. The van der Waals surface area contributed by atoms with E-state index in [4.69, 9.17) is 5.26 Å². The van der Waals surface area contributed by atoms with Gasteiger partial charge >= 0.3 is 11.8 Å². The number of nitrogens with one attached hydrogen (secondary N) is 2. The monoisotopic (exact) mass is 305 g/mol. The molecule has 1 aliphatic rings. The maximum absolute atomic E-state index is 11.9. The summed E-state index contributed by atoms with van der Waals surface area (Å²) >= 11 is 1.24. The zero-order valence-electron chi connectivity index (χ0n) is 12.0. The number of carbonyl (C=O) groups excluding carboxylic acids is 2. The molecule has 1 aromatic rings. The van der Waals surface area contributed by atoms with E-state index in [0.29, 0.717) is 16.5 Å². The fourth-order valence-electron chi connectivity index (χ4n) is 2.70. The first-order chi connectivity index (χ1) is 10.1. The van der Waals surface area contributed by atoms with Gasteiger partial charge in [-0.15, -0.1) is 11.3 Å². The van der Waals surface area contributed by atoms with Crippen molar-refractivity contribution in [3.8, 4) is 6.07 Å². The molecule has 1 saturated carbocycles. The minimum absolute atomic E-state index is 0.0840. The van der Waals surface area contributed by atoms with E-state index >= 15 is 0 Å². The van der Waals surface area contributed by atoms with Gasteiger partial charge in [-0.25, -0.2) is 0 Å². The van der Waals surface area contributed by atoms with Gasteiger partial charge in [0.1, 0.15) is 11.1 Å². The lowest BCUT2D eigenvalue weighted by Crippen LogP contribution is -2.43. The summed E-state index contributed by atoms with van der Waals surface area (Å²) < 4.78 is 0. The maximum atomic E-state index is 11.9. The molecule has 1 fully saturated rings. The Morgan fingerprint density at radius 2 is 2.24 bits per heavy atom. The highest BCUT2D eigenvalue weighted by Crippen LogP contribution is 2.26. The van der Waals surface area contributed by atoms with Crippen molar-refractivity contribution in [1.29, 1.82) is 5.26 Å². The number of amides is 2. The van der Waals surface area contributed by atoms with Crippen LogP contribution in [0.4, 0.5) is 5.00 Å². The summed E-state index contributed by atoms with van der Waals surface area (Å²) in [7, 11) is 0. The van der Waals surface area contributed by atoms with Crippen molar-refractivity contribution in [1.82, 2.24) is 5.32 Å². The SMILES string of the molecule is CCC1CCCC(NC(=O)C(=O)Nc2sccc2C#N)C1. The fraction of sp³-hybridized carbons (Fsp3) is 0.533. The summed E-state index contributed by atoms with van der Waals surface area (Å²) in [6, 6.07) is 3.68. The number of nitriles is 1. The number of hydrogen-bond acceptors (Lipinski definition) is 4. The van der Waals surface area contributed by atoms with E-state index in [1.807, 2.05) is 6.07 Å². The highest BCUT2D eigenvalue weighted by molar-refractivity contribution is 7.14. The van der Waals surface area contributed by atoms with E-state index in [1.165, 1.54) is 17.8 Å². The summed E-state index contributed by atoms with van der Waals surface area (Å²) in [5.41, 5.74) is 0.380. The van der Waals surface area contributed by atoms with Gasteiger partial charge in [-0.3, -0.25) is 9.59 Å². The van der Waals surface area contributed by atoms with Gasteiger partial charge in [-0.2, -0.15) is 5.26 Å². The maximum Gasteiger partial charge on any atom is 0.314 e. The third-order valence-electron chi connectivity index (χ3n) is 3.91. The molecule has 2 rings (SSSR count). The van der Waals surface area contributed by atoms with Gasteiger partial charge in [-0.1, -0.05) is 26.2 Å². The van der Waals surface area contributed by atoms with Crippen molar-refractivity contribution in [2.24, 2.45) is 5.92 Å². The van der Waals surface area contributed by atoms with Crippen LogP contribution in [0.15, 0.2) is 11.4 Å². The van der Waals surface area contributed by atoms with Crippen LogP contribution in [0.1, 0.15) is 44.6 Å². The van der Waals surface area contributed by atoms with E-state index in [1.54, 1.807) is 11.4 Å². The van der Waals surface area contributed by atoms with Gasteiger partial charge in [0.15, 0.2) is 0 Å². The van der Waals surface area contributed by atoms with Gasteiger partial charge in [0.05, 0.1) is 5.56 Å². The molecule has 5 nitrogen and oxygen atoms in total. The lowest BCUT2D eigenvalue weighted by molar-refractivity contribution is -0.136. The number of anilines is 1. The zero-order valence-corrected chi connectivity index (χ0v) is 12.8. The molecule has 1 heterocycles. The second kappa shape index (κ2) is 7.23. The topological polar surface area (TPSA) is 82.0 Å². The molecule has 2 amide bonds. The molecular weight excluding hydrogens is 286 g/mol. The van der Waals surface area contributed by atoms with Crippen LogP contribution in [0, 0.1) is 17.2 Å². The third kappa shape index (κ3) is 4.05. The van der Waals surface area contributed by atoms with E-state index in [9.17, 15) is 9.59 Å². The highest BCUT2D eigenvalue weighted by Gasteiger charge is 2.25. The van der Waals surface area contributed by atoms with Crippen LogP contribution >= 0.6 is 11.3 Å². The van der Waals surface area contributed by atoms with E-state index in [2.05, 4.69) is 17.6 Å². The van der Waals surface area contributed by atoms with Crippen LogP contribution in [-0.4, -0.2) is 17.9 Å². The molecule has 112 valence electrons. The number of thiophene rings is 1. The van der Waals surface area contributed by atoms with Crippen LogP contribution in [0.2, 0.25) is 0 Å². The van der Waals surface area contributed by atoms with Crippen molar-refractivity contribution < 1.29 is 9.59 Å². The smallest absolute Gasteiger partial charge is 0.314 e. The predicted octanol–water partition coefficient (Wildman–Crippen LogP) is 2.64. The molecule has 0 bridgehead atoms. The summed E-state index contributed by atoms with van der Waals surface area (Å²) in [6.45, 7) is 2.15. The molecule has 0 saturated heterocycles. The molecule has 2 atom stereocenters. The molecule has 0 radical (unpaired) electrons. The summed E-state index contributed by atoms with van der Waals surface area (Å²) in [5.74, 6) is -0.684. The standard InChI is InChI=1S/C15H19N3O2S/c1-2-10-4-3-5-12(8-10)17-13(19)14(20)18-15-11(9-16)6-7-21-15/h6-7,10,12H,2-5,8H2,1H3,(H,17,19)(H,18,20). The Balaban J connectivity index is 1.88. The number of hydrogen-bond donors (Lipinski definition) is 2. The van der Waals surface area contributed by atoms with Crippen LogP contribution in [0.25, 0.3) is 0 Å². The van der Waals surface area contributed by atoms with Gasteiger partial charge in [-0.05, 0) is 30.2 Å². The summed E-state index contributed by atoms with van der Waals surface area (Å²) in [4.78, 5) is 23.8. The van der Waals surface area contributed by atoms with Gasteiger partial charge in [0, 0.05) is 6.04 Å². The lowest BCUT2D eigenvalue weighted by Gasteiger charge is -2.28. The number of carbonyl (C=O) groups is 2. The van der Waals surface area contributed by atoms with Gasteiger partial charge < -0.3 is 10.6 Å². The molecular formula is C15H19N3O2S. The number of rotatable bonds is 3. The molecule has 1 aromatic heterocycles. The van der Waals surface area contributed by atoms with Crippen molar-refractivity contribution in [2.75, 3.05) is 5.32 Å². The Hall–Kier alpha value is -1.87. The van der Waals surface area contributed by atoms with E-state index in [-0.39, 0.29) is 6.04 Å². The van der Waals surface area contributed by atoms with E-state index < -0.39 is 11.8 Å². The Morgan fingerprint density at radius 1 is 1.43 bits per heavy atom. The fourth-order valence-corrected chi connectivity index (χ4v) is 3.43. The molecule has 1 aliphatic carbocycles. The quantitative estimate of drug-likeness (QED) is 0.842. The van der Waals surface area contributed by atoms with Crippen molar-refractivity contribution in [2.45, 2.75) is 45.1 Å². The van der Waals surface area contributed by atoms with Crippen LogP contribution in [0.3, 0.4) is 0 Å². The number of nitrogens with zero attached hydrogens (tertiary/aromatic N) is 1. The Labute approximate surface area is 128 Å². The Morgan fingerprint density at radius 3 is 2.95 bits per heavy atom. The third-order valence-corrected chi connectivity index (χ3v) is 4.74. The first-order valence-corrected chi connectivity index (χ1v) is 8.11. The molecule has 0 aromatic carbocycles. The van der Waals surface area contributed by atoms with Crippen LogP contribution in [-0.2, 0) is 9.59 Å². The first kappa shape index (κ1) is 15.5. The average Bonchev–Trinajstić information content (AvgIpc) is 2.94. The van der Waals surface area contributed by atoms with Crippen LogP contribution in [0.5, 0.6) is 0 Å². The molecule has 2 N–H and O–H groups in total. The van der Waals surface area contributed by atoms with E-state index in [0.717, 1.165) is 25.7 Å². The molecule has 21 heavy (non-hydrogen) atoms. The molecule has 6 heteroatoms. The molecule has 0 aliphatic heterocycles. The predicted molar refractivity (Wildman–Crippen MR) is 81.8 cm³/mol. The molecule has 0 spiro atoms. The second-order valence-electron chi connectivity index (χ2n) is 5.34. The van der Waals surface area contributed by atoms with Crippen molar-refractivity contribution >= 4 is 28.2 Å². The zero-order chi connectivity index (χ0) is 15.2. The minimum Gasteiger partial charge on any atom is -0.345 e. The minimum atomic E-state index is -0.701. The van der Waals surface area contributed by atoms with Crippen molar-refractivity contribution in [3.63, 3.8) is 0 Å². The van der Waals surface area contributed by atoms with Crippen LogP contribution < -0.4 is 10.6 Å². The van der Waals surface area contributed by atoms with Crippen molar-refractivity contribution in [3.05, 3.63) is 17.0 Å².